The topological polar surface area (TPSA) is 129 Å². The van der Waals surface area contributed by atoms with Crippen molar-refractivity contribution >= 4 is 23.9 Å². The standard InChI is InChI=1S/C11H14O5.C11H20O2.C5H8O2/c1-7(10(12)13)3-4-8(2)11(14)16-6-9-5-15-9;1-4-7-8-9-10(5-2)13-11(12)6-3;1-4(2)5(6)7-3/h3,9H,2,4-6H2,1H3,(H,12,13);6,10H,3-5,7-9H2,1-2H3;1H2,2-3H3. The van der Waals surface area contributed by atoms with Crippen LogP contribution in [-0.4, -0.2) is 61.5 Å². The van der Waals surface area contributed by atoms with Gasteiger partial charge in [0.2, 0.25) is 0 Å². The van der Waals surface area contributed by atoms with Gasteiger partial charge in [0.25, 0.3) is 0 Å². The van der Waals surface area contributed by atoms with E-state index in [1.54, 1.807) is 6.92 Å². The summed E-state index contributed by atoms with van der Waals surface area (Å²) in [6.45, 7) is 18.4. The van der Waals surface area contributed by atoms with E-state index in [1.807, 2.05) is 6.92 Å². The number of epoxide rings is 1. The first kappa shape index (κ1) is 35.0. The third-order valence-corrected chi connectivity index (χ3v) is 4.65. The lowest BCUT2D eigenvalue weighted by Gasteiger charge is -2.14. The summed E-state index contributed by atoms with van der Waals surface area (Å²) in [7, 11) is 1.33. The normalized spacial score (nSPS) is 14.4. The zero-order valence-corrected chi connectivity index (χ0v) is 22.3. The highest BCUT2D eigenvalue weighted by atomic mass is 16.6. The molecular weight excluding hydrogens is 468 g/mol. The minimum atomic E-state index is -1.01. The average Bonchev–Trinajstić information content (AvgIpc) is 3.69. The number of allylic oxidation sites excluding steroid dienone is 1. The molecule has 1 rings (SSSR count). The molecule has 0 radical (unpaired) electrons. The van der Waals surface area contributed by atoms with Crippen LogP contribution in [-0.2, 0) is 38.1 Å². The van der Waals surface area contributed by atoms with Gasteiger partial charge in [0.1, 0.15) is 18.8 Å². The summed E-state index contributed by atoms with van der Waals surface area (Å²) >= 11 is 0. The second-order valence-corrected chi connectivity index (χ2v) is 7.99. The summed E-state index contributed by atoms with van der Waals surface area (Å²) in [5, 5.41) is 8.59. The number of methoxy groups -OCH3 is 1. The number of carboxylic acids is 1. The predicted molar refractivity (Wildman–Crippen MR) is 137 cm³/mol. The van der Waals surface area contributed by atoms with E-state index in [0.717, 1.165) is 19.3 Å². The fourth-order valence-electron chi connectivity index (χ4n) is 2.24. The lowest BCUT2D eigenvalue weighted by Crippen LogP contribution is -2.15. The van der Waals surface area contributed by atoms with Crippen LogP contribution in [0.4, 0.5) is 0 Å². The first-order valence-corrected chi connectivity index (χ1v) is 11.9. The highest BCUT2D eigenvalue weighted by Gasteiger charge is 2.24. The number of unbranched alkanes of at least 4 members (excludes halogenated alkanes) is 2. The van der Waals surface area contributed by atoms with Crippen molar-refractivity contribution < 1.29 is 43.2 Å². The van der Waals surface area contributed by atoms with E-state index in [2.05, 4.69) is 31.4 Å². The number of carbonyl (C=O) groups excluding carboxylic acids is 3. The first-order chi connectivity index (χ1) is 16.9. The van der Waals surface area contributed by atoms with Crippen LogP contribution in [0.25, 0.3) is 0 Å². The van der Waals surface area contributed by atoms with Crippen molar-refractivity contribution in [2.75, 3.05) is 20.3 Å². The van der Waals surface area contributed by atoms with Crippen LogP contribution in [0.3, 0.4) is 0 Å². The summed E-state index contributed by atoms with van der Waals surface area (Å²) in [4.78, 5) is 42.8. The second-order valence-electron chi connectivity index (χ2n) is 7.99. The fraction of sp³-hybridized carbons (Fsp3) is 0.556. The van der Waals surface area contributed by atoms with Crippen LogP contribution in [0.5, 0.6) is 0 Å². The molecule has 2 atom stereocenters. The number of esters is 3. The summed E-state index contributed by atoms with van der Waals surface area (Å²) in [6, 6.07) is 0. The number of rotatable bonds is 14. The van der Waals surface area contributed by atoms with Gasteiger partial charge in [0, 0.05) is 22.8 Å². The Morgan fingerprint density at radius 3 is 2.11 bits per heavy atom. The van der Waals surface area contributed by atoms with Gasteiger partial charge in [-0.05, 0) is 39.5 Å². The van der Waals surface area contributed by atoms with Gasteiger partial charge in [-0.3, -0.25) is 0 Å². The Morgan fingerprint density at radius 1 is 1.11 bits per heavy atom. The Hall–Kier alpha value is -3.20. The van der Waals surface area contributed by atoms with Crippen molar-refractivity contribution in [2.24, 2.45) is 0 Å². The van der Waals surface area contributed by atoms with E-state index >= 15 is 0 Å². The molecule has 1 heterocycles. The molecule has 0 bridgehead atoms. The molecule has 1 N–H and O–H groups in total. The molecule has 0 saturated carbocycles. The predicted octanol–water partition coefficient (Wildman–Crippen LogP) is 4.72. The van der Waals surface area contributed by atoms with E-state index in [4.69, 9.17) is 19.3 Å². The third-order valence-electron chi connectivity index (χ3n) is 4.65. The van der Waals surface area contributed by atoms with Gasteiger partial charge in [-0.1, -0.05) is 52.5 Å². The van der Waals surface area contributed by atoms with Crippen molar-refractivity contribution in [1.82, 2.24) is 0 Å². The van der Waals surface area contributed by atoms with Crippen molar-refractivity contribution in [3.05, 3.63) is 48.6 Å². The Labute approximate surface area is 214 Å². The SMILES string of the molecule is C=C(C)C(=O)OC.C=C(CC=C(C)C(=O)O)C(=O)OCC1CO1.C=CC(=O)OC(CC)CCCCC. The smallest absolute Gasteiger partial charge is 0.333 e. The highest BCUT2D eigenvalue weighted by Crippen LogP contribution is 2.12. The van der Waals surface area contributed by atoms with E-state index in [1.165, 1.54) is 39.0 Å². The van der Waals surface area contributed by atoms with E-state index in [-0.39, 0.29) is 48.3 Å². The molecule has 1 aliphatic heterocycles. The van der Waals surface area contributed by atoms with Crippen LogP contribution in [0.2, 0.25) is 0 Å². The van der Waals surface area contributed by atoms with Crippen LogP contribution in [0.1, 0.15) is 66.2 Å². The summed E-state index contributed by atoms with van der Waals surface area (Å²) in [5.74, 6) is -2.17. The Bertz CT molecular complexity index is 776. The van der Waals surface area contributed by atoms with Crippen LogP contribution in [0.15, 0.2) is 48.6 Å². The van der Waals surface area contributed by atoms with Crippen LogP contribution < -0.4 is 0 Å². The molecule has 0 spiro atoms. The molecule has 36 heavy (non-hydrogen) atoms. The van der Waals surface area contributed by atoms with Gasteiger partial charge in [-0.2, -0.15) is 0 Å². The quantitative estimate of drug-likeness (QED) is 0.116. The number of hydrogen-bond donors (Lipinski definition) is 1. The molecule has 1 fully saturated rings. The molecule has 2 unspecified atom stereocenters. The van der Waals surface area contributed by atoms with Crippen LogP contribution >= 0.6 is 0 Å². The average molecular weight is 511 g/mol. The Balaban J connectivity index is 0. The Kier molecular flexibility index (Phi) is 20.5. The molecule has 0 aliphatic carbocycles. The zero-order valence-electron chi connectivity index (χ0n) is 22.3. The van der Waals surface area contributed by atoms with Crippen molar-refractivity contribution in [3.8, 4) is 0 Å². The summed E-state index contributed by atoms with van der Waals surface area (Å²) < 4.78 is 19.2. The van der Waals surface area contributed by atoms with Crippen molar-refractivity contribution in [1.29, 1.82) is 0 Å². The molecule has 9 heteroatoms. The molecule has 1 saturated heterocycles. The number of hydrogen-bond acceptors (Lipinski definition) is 8. The van der Waals surface area contributed by atoms with Gasteiger partial charge in [0.15, 0.2) is 0 Å². The second kappa shape index (κ2) is 21.1. The monoisotopic (exact) mass is 510 g/mol. The molecular formula is C27H42O9. The molecule has 0 aromatic carbocycles. The number of carboxylic acid groups (broad SMARTS) is 1. The number of aliphatic carboxylic acids is 1. The van der Waals surface area contributed by atoms with Gasteiger partial charge < -0.3 is 24.1 Å². The maximum absolute atomic E-state index is 11.3. The van der Waals surface area contributed by atoms with Crippen LogP contribution in [0, 0.1) is 0 Å². The first-order valence-electron chi connectivity index (χ1n) is 11.9. The van der Waals surface area contributed by atoms with Gasteiger partial charge in [-0.15, -0.1) is 0 Å². The molecule has 204 valence electrons. The van der Waals surface area contributed by atoms with Gasteiger partial charge in [-0.25, -0.2) is 19.2 Å². The maximum atomic E-state index is 11.3. The highest BCUT2D eigenvalue weighted by molar-refractivity contribution is 5.89. The fourth-order valence-corrected chi connectivity index (χ4v) is 2.24. The van der Waals surface area contributed by atoms with E-state index < -0.39 is 11.9 Å². The van der Waals surface area contributed by atoms with Crippen molar-refractivity contribution in [3.63, 3.8) is 0 Å². The minimum absolute atomic E-state index is 0.0213. The third kappa shape index (κ3) is 20.2. The molecule has 9 nitrogen and oxygen atoms in total. The lowest BCUT2D eigenvalue weighted by atomic mass is 10.1. The summed E-state index contributed by atoms with van der Waals surface area (Å²) in [6.07, 6.45) is 8.36. The maximum Gasteiger partial charge on any atom is 0.333 e. The zero-order chi connectivity index (χ0) is 28.1. The minimum Gasteiger partial charge on any atom is -0.478 e. The lowest BCUT2D eigenvalue weighted by molar-refractivity contribution is -0.143. The number of ether oxygens (including phenoxy) is 4. The number of carbonyl (C=O) groups is 4. The molecule has 1 aliphatic rings. The molecule has 0 aromatic heterocycles. The van der Waals surface area contributed by atoms with Crippen molar-refractivity contribution in [2.45, 2.75) is 78.4 Å². The summed E-state index contributed by atoms with van der Waals surface area (Å²) in [5.41, 5.74) is 0.850. The largest absolute Gasteiger partial charge is 0.478 e. The Morgan fingerprint density at radius 2 is 1.72 bits per heavy atom. The molecule has 0 aromatic rings. The van der Waals surface area contributed by atoms with Gasteiger partial charge in [0.05, 0.1) is 13.7 Å². The van der Waals surface area contributed by atoms with E-state index in [9.17, 15) is 19.2 Å². The van der Waals surface area contributed by atoms with E-state index in [0.29, 0.717) is 12.2 Å². The molecule has 0 amide bonds. The van der Waals surface area contributed by atoms with Gasteiger partial charge >= 0.3 is 23.9 Å².